The van der Waals surface area contributed by atoms with E-state index in [2.05, 4.69) is 54.0 Å². The van der Waals surface area contributed by atoms with Gasteiger partial charge in [-0.25, -0.2) is 0 Å². The van der Waals surface area contributed by atoms with Crippen molar-refractivity contribution >= 4 is 27.7 Å². The van der Waals surface area contributed by atoms with E-state index in [0.29, 0.717) is 5.92 Å². The second-order valence-electron chi connectivity index (χ2n) is 3.38. The molecule has 0 N–H and O–H groups in total. The van der Waals surface area contributed by atoms with Crippen molar-refractivity contribution < 1.29 is 0 Å². The first-order chi connectivity index (χ1) is 6.77. The lowest BCUT2D eigenvalue weighted by molar-refractivity contribution is 0.743. The van der Waals surface area contributed by atoms with Crippen LogP contribution in [0.5, 0.6) is 0 Å². The molecule has 0 fully saturated rings. The van der Waals surface area contributed by atoms with Gasteiger partial charge < -0.3 is 0 Å². The monoisotopic (exact) mass is 272 g/mol. The van der Waals surface area contributed by atoms with E-state index in [1.165, 1.54) is 16.9 Å². The van der Waals surface area contributed by atoms with E-state index in [4.69, 9.17) is 0 Å². The third kappa shape index (κ3) is 3.66. The van der Waals surface area contributed by atoms with E-state index in [0.717, 1.165) is 11.1 Å². The van der Waals surface area contributed by atoms with Gasteiger partial charge in [-0.1, -0.05) is 41.9 Å². The molecule has 0 saturated carbocycles. The van der Waals surface area contributed by atoms with Gasteiger partial charge in [-0.15, -0.1) is 11.8 Å². The van der Waals surface area contributed by atoms with Gasteiger partial charge in [-0.05, 0) is 35.8 Å². The minimum Gasteiger partial charge on any atom is -0.126 e. The van der Waals surface area contributed by atoms with Crippen LogP contribution in [0.4, 0.5) is 0 Å². The van der Waals surface area contributed by atoms with Crippen LogP contribution in [0.15, 0.2) is 29.2 Å². The number of thioether (sulfide) groups is 1. The maximum absolute atomic E-state index is 3.48. The molecule has 0 amide bonds. The maximum Gasteiger partial charge on any atom is 0.00720 e. The number of benzene rings is 1. The third-order valence-corrected chi connectivity index (χ3v) is 3.65. The van der Waals surface area contributed by atoms with Crippen molar-refractivity contribution in [3.63, 3.8) is 0 Å². The van der Waals surface area contributed by atoms with Crippen LogP contribution >= 0.6 is 27.7 Å². The Morgan fingerprint density at radius 3 is 2.43 bits per heavy atom. The first kappa shape index (κ1) is 12.1. The van der Waals surface area contributed by atoms with E-state index in [1.807, 2.05) is 11.8 Å². The van der Waals surface area contributed by atoms with Crippen molar-refractivity contribution in [2.24, 2.45) is 0 Å². The summed E-state index contributed by atoms with van der Waals surface area (Å²) in [5.41, 5.74) is 1.45. The number of halogens is 1. The smallest absolute Gasteiger partial charge is 0.00720 e. The van der Waals surface area contributed by atoms with Gasteiger partial charge in [0.2, 0.25) is 0 Å². The van der Waals surface area contributed by atoms with E-state index in [9.17, 15) is 0 Å². The predicted molar refractivity (Wildman–Crippen MR) is 69.7 cm³/mol. The molecule has 14 heavy (non-hydrogen) atoms. The fourth-order valence-electron chi connectivity index (χ4n) is 1.39. The topological polar surface area (TPSA) is 0 Å². The molecule has 1 aromatic rings. The molecule has 0 radical (unpaired) electrons. The SMILES string of the molecule is CCSc1ccc(C(C)CCBr)cc1. The molecule has 1 unspecified atom stereocenters. The molecule has 0 nitrogen and oxygen atoms in total. The summed E-state index contributed by atoms with van der Waals surface area (Å²) in [4.78, 5) is 1.38. The van der Waals surface area contributed by atoms with Gasteiger partial charge in [0, 0.05) is 10.2 Å². The Morgan fingerprint density at radius 2 is 1.93 bits per heavy atom. The van der Waals surface area contributed by atoms with Crippen LogP contribution in [-0.2, 0) is 0 Å². The van der Waals surface area contributed by atoms with Crippen LogP contribution in [0, 0.1) is 0 Å². The van der Waals surface area contributed by atoms with Crippen molar-refractivity contribution in [1.82, 2.24) is 0 Å². The number of hydrogen-bond acceptors (Lipinski definition) is 1. The van der Waals surface area contributed by atoms with Gasteiger partial charge in [0.25, 0.3) is 0 Å². The van der Waals surface area contributed by atoms with Crippen LogP contribution in [-0.4, -0.2) is 11.1 Å². The highest BCUT2D eigenvalue weighted by molar-refractivity contribution is 9.09. The van der Waals surface area contributed by atoms with Crippen molar-refractivity contribution in [2.45, 2.75) is 31.1 Å². The number of hydrogen-bond donors (Lipinski definition) is 0. The van der Waals surface area contributed by atoms with Crippen LogP contribution in [0.1, 0.15) is 31.7 Å². The molecule has 0 spiro atoms. The zero-order chi connectivity index (χ0) is 10.4. The molecule has 0 aromatic heterocycles. The summed E-state index contributed by atoms with van der Waals surface area (Å²) < 4.78 is 0. The van der Waals surface area contributed by atoms with E-state index in [-0.39, 0.29) is 0 Å². The zero-order valence-electron chi connectivity index (χ0n) is 8.79. The van der Waals surface area contributed by atoms with E-state index in [1.54, 1.807) is 0 Å². The summed E-state index contributed by atoms with van der Waals surface area (Å²) in [5.74, 6) is 1.81. The largest absolute Gasteiger partial charge is 0.126 e. The molecule has 2 heteroatoms. The van der Waals surface area contributed by atoms with E-state index >= 15 is 0 Å². The minimum atomic E-state index is 0.662. The lowest BCUT2D eigenvalue weighted by atomic mass is 9.99. The molecule has 0 aliphatic rings. The summed E-state index contributed by atoms with van der Waals surface area (Å²) in [6.45, 7) is 4.47. The fraction of sp³-hybridized carbons (Fsp3) is 0.500. The van der Waals surface area contributed by atoms with Gasteiger partial charge in [0.05, 0.1) is 0 Å². The average Bonchev–Trinajstić information content (AvgIpc) is 2.20. The molecule has 1 rings (SSSR count). The van der Waals surface area contributed by atoms with Crippen molar-refractivity contribution in [1.29, 1.82) is 0 Å². The quantitative estimate of drug-likeness (QED) is 0.554. The molecule has 0 heterocycles. The Hall–Kier alpha value is 0.0500. The molecule has 0 saturated heterocycles. The Balaban J connectivity index is 2.62. The molecular weight excluding hydrogens is 256 g/mol. The van der Waals surface area contributed by atoms with Crippen LogP contribution in [0.25, 0.3) is 0 Å². The Morgan fingerprint density at radius 1 is 1.29 bits per heavy atom. The van der Waals surface area contributed by atoms with Crippen LogP contribution in [0.3, 0.4) is 0 Å². The van der Waals surface area contributed by atoms with Gasteiger partial charge in [0.1, 0.15) is 0 Å². The first-order valence-electron chi connectivity index (χ1n) is 5.06. The molecule has 0 aliphatic carbocycles. The van der Waals surface area contributed by atoms with Gasteiger partial charge >= 0.3 is 0 Å². The van der Waals surface area contributed by atoms with Gasteiger partial charge in [0.15, 0.2) is 0 Å². The lowest BCUT2D eigenvalue weighted by Gasteiger charge is -2.10. The normalized spacial score (nSPS) is 12.8. The van der Waals surface area contributed by atoms with Crippen molar-refractivity contribution in [2.75, 3.05) is 11.1 Å². The Labute approximate surface area is 99.6 Å². The van der Waals surface area contributed by atoms with Gasteiger partial charge in [-0.2, -0.15) is 0 Å². The average molecular weight is 273 g/mol. The predicted octanol–water partition coefficient (Wildman–Crippen LogP) is 4.69. The van der Waals surface area contributed by atoms with E-state index < -0.39 is 0 Å². The summed E-state index contributed by atoms with van der Waals surface area (Å²) >= 11 is 5.38. The molecule has 0 aliphatic heterocycles. The van der Waals surface area contributed by atoms with Crippen LogP contribution in [0.2, 0.25) is 0 Å². The second-order valence-corrected chi connectivity index (χ2v) is 5.51. The van der Waals surface area contributed by atoms with Crippen molar-refractivity contribution in [3.8, 4) is 0 Å². The molecule has 0 bridgehead atoms. The summed E-state index contributed by atoms with van der Waals surface area (Å²) in [6.07, 6.45) is 1.21. The minimum absolute atomic E-state index is 0.662. The first-order valence-corrected chi connectivity index (χ1v) is 7.17. The zero-order valence-corrected chi connectivity index (χ0v) is 11.2. The van der Waals surface area contributed by atoms with Crippen LogP contribution < -0.4 is 0 Å². The summed E-state index contributed by atoms with van der Waals surface area (Å²) in [6, 6.07) is 8.97. The Kier molecular flexibility index (Phi) is 5.64. The molecule has 78 valence electrons. The Bertz CT molecular complexity index is 256. The van der Waals surface area contributed by atoms with Gasteiger partial charge in [-0.3, -0.25) is 0 Å². The summed E-state index contributed by atoms with van der Waals surface area (Å²) in [7, 11) is 0. The highest BCUT2D eigenvalue weighted by atomic mass is 79.9. The van der Waals surface area contributed by atoms with Crippen molar-refractivity contribution in [3.05, 3.63) is 29.8 Å². The third-order valence-electron chi connectivity index (χ3n) is 2.30. The maximum atomic E-state index is 3.48. The lowest BCUT2D eigenvalue weighted by Crippen LogP contribution is -1.93. The summed E-state index contributed by atoms with van der Waals surface area (Å²) in [5, 5.41) is 1.08. The molecule has 1 atom stereocenters. The molecular formula is C12H17BrS. The fourth-order valence-corrected chi connectivity index (χ4v) is 2.74. The highest BCUT2D eigenvalue weighted by Gasteiger charge is 2.03. The second kappa shape index (κ2) is 6.52. The number of alkyl halides is 1. The molecule has 1 aromatic carbocycles. The highest BCUT2D eigenvalue weighted by Crippen LogP contribution is 2.23. The number of rotatable bonds is 5. The standard InChI is InChI=1S/C12H17BrS/c1-3-14-12-6-4-11(5-7-12)10(2)8-9-13/h4-7,10H,3,8-9H2,1-2H3.